The van der Waals surface area contributed by atoms with E-state index < -0.39 is 5.82 Å². The molecule has 2 atom stereocenters. The van der Waals surface area contributed by atoms with Crippen molar-refractivity contribution in [2.45, 2.75) is 31.3 Å². The maximum atomic E-state index is 16.2. The van der Waals surface area contributed by atoms with Crippen LogP contribution in [0, 0.1) is 10.7 Å². The number of piperazine rings is 1. The summed E-state index contributed by atoms with van der Waals surface area (Å²) in [6, 6.07) is 12.0. The molecule has 2 unspecified atom stereocenters. The fourth-order valence-electron chi connectivity index (χ4n) is 5.27. The summed E-state index contributed by atoms with van der Waals surface area (Å²) >= 11 is 6.51. The standard InChI is InChI=1S/C26H24ClFN6O2/c27-20-7-2-5-15-4-1-6-18(21(15)20)23-22(28)24-19(12-29-23)25(33-26(32-24)36-11-3-10-30-35)34-13-16-8-9-17(14-34)31-16/h1-2,4-7,12,16-17,31H,3,8-11,13-14H2. The van der Waals surface area contributed by atoms with Crippen molar-refractivity contribution in [2.24, 2.45) is 5.18 Å². The van der Waals surface area contributed by atoms with Crippen molar-refractivity contribution >= 4 is 39.1 Å². The molecule has 0 spiro atoms. The van der Waals surface area contributed by atoms with Gasteiger partial charge in [0.1, 0.15) is 17.0 Å². The van der Waals surface area contributed by atoms with Crippen LogP contribution >= 0.6 is 11.6 Å². The molecular formula is C26H24ClFN6O2. The largest absolute Gasteiger partial charge is 0.463 e. The summed E-state index contributed by atoms with van der Waals surface area (Å²) in [5, 5.41) is 9.15. The van der Waals surface area contributed by atoms with Gasteiger partial charge >= 0.3 is 6.01 Å². The van der Waals surface area contributed by atoms with Gasteiger partial charge in [-0.1, -0.05) is 47.1 Å². The number of nitroso groups, excluding NO2 is 1. The molecule has 10 heteroatoms. The van der Waals surface area contributed by atoms with E-state index in [0.29, 0.717) is 40.3 Å². The van der Waals surface area contributed by atoms with Crippen LogP contribution in [0.25, 0.3) is 32.9 Å². The molecule has 0 saturated carbocycles. The molecule has 4 aromatic rings. The van der Waals surface area contributed by atoms with E-state index in [2.05, 4.69) is 30.3 Å². The Morgan fingerprint density at radius 3 is 2.69 bits per heavy atom. The summed E-state index contributed by atoms with van der Waals surface area (Å²) in [5.41, 5.74) is 0.906. The Labute approximate surface area is 211 Å². The molecule has 0 radical (unpaired) electrons. The molecule has 184 valence electrons. The predicted molar refractivity (Wildman–Crippen MR) is 138 cm³/mol. The molecule has 36 heavy (non-hydrogen) atoms. The van der Waals surface area contributed by atoms with Gasteiger partial charge in [-0.3, -0.25) is 4.98 Å². The second-order valence-corrected chi connectivity index (χ2v) is 9.66. The lowest BCUT2D eigenvalue weighted by molar-refractivity contribution is 0.289. The molecule has 1 N–H and O–H groups in total. The molecule has 2 fully saturated rings. The number of hydrogen-bond acceptors (Lipinski definition) is 8. The number of fused-ring (bicyclic) bond motifs is 4. The van der Waals surface area contributed by atoms with E-state index in [1.165, 1.54) is 0 Å². The van der Waals surface area contributed by atoms with Gasteiger partial charge in [-0.05, 0) is 24.3 Å². The summed E-state index contributed by atoms with van der Waals surface area (Å²) < 4.78 is 21.9. The Bertz CT molecular complexity index is 1450. The number of benzene rings is 2. The van der Waals surface area contributed by atoms with Gasteiger partial charge in [-0.15, -0.1) is 0 Å². The van der Waals surface area contributed by atoms with Crippen molar-refractivity contribution in [1.29, 1.82) is 0 Å². The van der Waals surface area contributed by atoms with Crippen LogP contribution in [0.2, 0.25) is 5.02 Å². The Morgan fingerprint density at radius 1 is 1.14 bits per heavy atom. The van der Waals surface area contributed by atoms with Crippen LogP contribution < -0.4 is 15.0 Å². The van der Waals surface area contributed by atoms with E-state index in [0.717, 1.165) is 36.7 Å². The van der Waals surface area contributed by atoms with Crippen molar-refractivity contribution < 1.29 is 9.13 Å². The number of anilines is 1. The zero-order chi connectivity index (χ0) is 24.6. The quantitative estimate of drug-likeness (QED) is 0.275. The number of pyridine rings is 1. The second-order valence-electron chi connectivity index (χ2n) is 9.25. The topological polar surface area (TPSA) is 92.6 Å². The highest BCUT2D eigenvalue weighted by Gasteiger charge is 2.34. The lowest BCUT2D eigenvalue weighted by Crippen LogP contribution is -2.51. The molecule has 0 aliphatic carbocycles. The van der Waals surface area contributed by atoms with Crippen LogP contribution in [0.1, 0.15) is 19.3 Å². The number of nitrogens with one attached hydrogen (secondary N) is 1. The van der Waals surface area contributed by atoms with Gasteiger partial charge in [0, 0.05) is 53.8 Å². The van der Waals surface area contributed by atoms with Gasteiger partial charge < -0.3 is 15.0 Å². The van der Waals surface area contributed by atoms with Crippen molar-refractivity contribution in [2.75, 3.05) is 31.1 Å². The SMILES string of the molecule is O=NCCCOc1nc(N2CC3CCC(C2)N3)c2cnc(-c3cccc4cccc(Cl)c34)c(F)c2n1. The summed E-state index contributed by atoms with van der Waals surface area (Å²) in [7, 11) is 0. The van der Waals surface area contributed by atoms with Crippen LogP contribution in [-0.4, -0.2) is 53.3 Å². The number of rotatable bonds is 7. The zero-order valence-corrected chi connectivity index (χ0v) is 20.2. The van der Waals surface area contributed by atoms with Gasteiger partial charge in [0.05, 0.1) is 18.5 Å². The van der Waals surface area contributed by atoms with Crippen LogP contribution in [0.4, 0.5) is 10.2 Å². The lowest BCUT2D eigenvalue weighted by Gasteiger charge is -2.34. The smallest absolute Gasteiger partial charge is 0.319 e. The molecule has 2 aliphatic heterocycles. The fraction of sp³-hybridized carbons (Fsp3) is 0.346. The van der Waals surface area contributed by atoms with Crippen LogP contribution in [0.15, 0.2) is 47.8 Å². The Morgan fingerprint density at radius 2 is 1.92 bits per heavy atom. The highest BCUT2D eigenvalue weighted by atomic mass is 35.5. The van der Waals surface area contributed by atoms with E-state index in [1.807, 2.05) is 30.3 Å². The molecule has 2 aromatic heterocycles. The second kappa shape index (κ2) is 9.55. The summed E-state index contributed by atoms with van der Waals surface area (Å²) in [5.74, 6) is 0.0527. The summed E-state index contributed by atoms with van der Waals surface area (Å²) in [6.07, 6.45) is 4.27. The van der Waals surface area contributed by atoms with E-state index in [-0.39, 0.29) is 30.4 Å². The van der Waals surface area contributed by atoms with Crippen LogP contribution in [-0.2, 0) is 0 Å². The molecule has 2 saturated heterocycles. The van der Waals surface area contributed by atoms with Gasteiger partial charge in [0.15, 0.2) is 5.82 Å². The molecule has 2 aromatic carbocycles. The lowest BCUT2D eigenvalue weighted by atomic mass is 10.0. The third kappa shape index (κ3) is 4.12. The maximum absolute atomic E-state index is 16.2. The molecule has 6 rings (SSSR count). The molecule has 0 amide bonds. The molecule has 8 nitrogen and oxygen atoms in total. The minimum absolute atomic E-state index is 0.0706. The highest BCUT2D eigenvalue weighted by molar-refractivity contribution is 6.36. The monoisotopic (exact) mass is 506 g/mol. The molecule has 2 aliphatic rings. The number of aromatic nitrogens is 3. The van der Waals surface area contributed by atoms with Crippen molar-refractivity contribution in [3.63, 3.8) is 0 Å². The first-order valence-electron chi connectivity index (χ1n) is 12.1. The maximum Gasteiger partial charge on any atom is 0.319 e. The third-order valence-electron chi connectivity index (χ3n) is 6.89. The third-order valence-corrected chi connectivity index (χ3v) is 7.21. The van der Waals surface area contributed by atoms with Crippen LogP contribution in [0.3, 0.4) is 0 Å². The van der Waals surface area contributed by atoms with Gasteiger partial charge in [-0.2, -0.15) is 14.9 Å². The van der Waals surface area contributed by atoms with E-state index in [4.69, 9.17) is 16.3 Å². The highest BCUT2D eigenvalue weighted by Crippen LogP contribution is 2.38. The number of nitrogens with zero attached hydrogens (tertiary/aromatic N) is 5. The van der Waals surface area contributed by atoms with Crippen molar-refractivity contribution in [3.05, 3.63) is 58.3 Å². The number of ether oxygens (including phenoxy) is 1. The Kier molecular flexibility index (Phi) is 6.10. The predicted octanol–water partition coefficient (Wildman–Crippen LogP) is 5.11. The van der Waals surface area contributed by atoms with Crippen LogP contribution in [0.5, 0.6) is 6.01 Å². The van der Waals surface area contributed by atoms with E-state index in [1.54, 1.807) is 12.3 Å². The van der Waals surface area contributed by atoms with Gasteiger partial charge in [0.2, 0.25) is 0 Å². The first-order valence-corrected chi connectivity index (χ1v) is 12.5. The number of hydrogen-bond donors (Lipinski definition) is 1. The van der Waals surface area contributed by atoms with Crippen molar-refractivity contribution in [3.8, 4) is 17.3 Å². The van der Waals surface area contributed by atoms with E-state index >= 15 is 4.39 Å². The summed E-state index contributed by atoms with van der Waals surface area (Å²) in [4.78, 5) is 26.2. The normalized spacial score (nSPS) is 19.2. The fourth-order valence-corrected chi connectivity index (χ4v) is 5.55. The minimum Gasteiger partial charge on any atom is -0.463 e. The zero-order valence-electron chi connectivity index (χ0n) is 19.5. The average Bonchev–Trinajstić information content (AvgIpc) is 3.24. The van der Waals surface area contributed by atoms with E-state index in [9.17, 15) is 4.91 Å². The van der Waals surface area contributed by atoms with Gasteiger partial charge in [-0.25, -0.2) is 4.39 Å². The first-order chi connectivity index (χ1) is 17.6. The van der Waals surface area contributed by atoms with Crippen molar-refractivity contribution in [1.82, 2.24) is 20.3 Å². The minimum atomic E-state index is -0.555. The first kappa shape index (κ1) is 23.0. The molecule has 2 bridgehead atoms. The molecular weight excluding hydrogens is 483 g/mol. The number of halogens is 2. The van der Waals surface area contributed by atoms with Gasteiger partial charge in [0.25, 0.3) is 0 Å². The average molecular weight is 507 g/mol. The Hall–Kier alpha value is -3.43. The molecule has 4 heterocycles. The Balaban J connectivity index is 1.49. The summed E-state index contributed by atoms with van der Waals surface area (Å²) in [6.45, 7) is 1.87.